The number of carbonyl (C=O) groups is 4. The molecule has 40 heavy (non-hydrogen) atoms. The van der Waals surface area contributed by atoms with Crippen LogP contribution in [0.1, 0.15) is 63.7 Å². The standard InChI is InChI=1S/2C16H14O4/c1-11-5-3-7-13(9-11)15(17)19-20-16(18)14-8-4-6-12(2)10-14;1-11-7-3-5-9-13(11)15(17)19-20-16(18)14-10-6-4-8-12(14)2/h2*3-10H,1-2H3. The van der Waals surface area contributed by atoms with Gasteiger partial charge in [0.1, 0.15) is 0 Å². The van der Waals surface area contributed by atoms with Gasteiger partial charge in [0.15, 0.2) is 0 Å². The van der Waals surface area contributed by atoms with Crippen LogP contribution in [0.4, 0.5) is 0 Å². The van der Waals surface area contributed by atoms with Gasteiger partial charge in [-0.25, -0.2) is 38.7 Å². The van der Waals surface area contributed by atoms with Gasteiger partial charge in [0, 0.05) is 0 Å². The Morgan fingerprint density at radius 2 is 0.775 bits per heavy atom. The van der Waals surface area contributed by atoms with Crippen LogP contribution in [0, 0.1) is 27.7 Å². The Balaban J connectivity index is 0.000000220. The average molecular weight is 541 g/mol. The summed E-state index contributed by atoms with van der Waals surface area (Å²) < 4.78 is 0. The molecule has 0 heterocycles. The molecule has 0 aliphatic rings. The van der Waals surface area contributed by atoms with Crippen molar-refractivity contribution in [3.05, 3.63) is 142 Å². The number of rotatable bonds is 4. The molecule has 8 heteroatoms. The molecule has 0 bridgehead atoms. The first-order valence-electron chi connectivity index (χ1n) is 12.3. The molecule has 0 aromatic heterocycles. The van der Waals surface area contributed by atoms with Crippen molar-refractivity contribution in [2.45, 2.75) is 27.7 Å². The molecule has 0 amide bonds. The number of hydrogen-bond acceptors (Lipinski definition) is 8. The summed E-state index contributed by atoms with van der Waals surface area (Å²) in [4.78, 5) is 65.3. The van der Waals surface area contributed by atoms with Gasteiger partial charge >= 0.3 is 23.9 Å². The Bertz CT molecular complexity index is 1410. The molecule has 0 aliphatic carbocycles. The molecular formula is C32H28O8. The van der Waals surface area contributed by atoms with Crippen molar-refractivity contribution in [2.24, 2.45) is 0 Å². The minimum absolute atomic E-state index is 0.335. The van der Waals surface area contributed by atoms with Crippen molar-refractivity contribution in [3.63, 3.8) is 0 Å². The second-order valence-corrected chi connectivity index (χ2v) is 8.85. The highest BCUT2D eigenvalue weighted by Crippen LogP contribution is 2.12. The maximum absolute atomic E-state index is 11.8. The molecule has 0 unspecified atom stereocenters. The van der Waals surface area contributed by atoms with E-state index in [9.17, 15) is 19.2 Å². The normalized spacial score (nSPS) is 9.90. The second kappa shape index (κ2) is 14.1. The van der Waals surface area contributed by atoms with Crippen molar-refractivity contribution in [2.75, 3.05) is 0 Å². The summed E-state index contributed by atoms with van der Waals surface area (Å²) in [6, 6.07) is 27.5. The van der Waals surface area contributed by atoms with Crippen LogP contribution in [-0.2, 0) is 19.6 Å². The maximum Gasteiger partial charge on any atom is 0.386 e. The van der Waals surface area contributed by atoms with Gasteiger partial charge in [-0.2, -0.15) is 0 Å². The molecule has 0 spiro atoms. The summed E-state index contributed by atoms with van der Waals surface area (Å²) >= 11 is 0. The van der Waals surface area contributed by atoms with Crippen LogP contribution in [0.25, 0.3) is 0 Å². The third-order valence-electron chi connectivity index (χ3n) is 5.62. The topological polar surface area (TPSA) is 105 Å². The SMILES string of the molecule is Cc1cccc(C(=O)OOC(=O)c2cccc(C)c2)c1.Cc1ccccc1C(=O)OOC(=O)c1ccccc1C. The van der Waals surface area contributed by atoms with E-state index in [1.54, 1.807) is 86.6 Å². The lowest BCUT2D eigenvalue weighted by molar-refractivity contribution is -0.187. The molecule has 4 aromatic rings. The van der Waals surface area contributed by atoms with E-state index in [-0.39, 0.29) is 0 Å². The van der Waals surface area contributed by atoms with Gasteiger partial charge in [0.25, 0.3) is 0 Å². The molecule has 8 nitrogen and oxygen atoms in total. The van der Waals surface area contributed by atoms with Crippen molar-refractivity contribution in [1.29, 1.82) is 0 Å². The number of hydrogen-bond donors (Lipinski definition) is 0. The van der Waals surface area contributed by atoms with Crippen LogP contribution in [0.2, 0.25) is 0 Å². The summed E-state index contributed by atoms with van der Waals surface area (Å²) in [5, 5.41) is 0. The van der Waals surface area contributed by atoms with E-state index in [4.69, 9.17) is 0 Å². The van der Waals surface area contributed by atoms with E-state index in [1.807, 2.05) is 38.1 Å². The first kappa shape index (κ1) is 29.3. The van der Waals surface area contributed by atoms with E-state index in [1.165, 1.54) is 0 Å². The summed E-state index contributed by atoms with van der Waals surface area (Å²) in [5.41, 5.74) is 4.75. The molecule has 0 aliphatic heterocycles. The van der Waals surface area contributed by atoms with Gasteiger partial charge in [-0.15, -0.1) is 0 Å². The zero-order valence-electron chi connectivity index (χ0n) is 22.5. The lowest BCUT2D eigenvalue weighted by atomic mass is 10.1. The lowest BCUT2D eigenvalue weighted by Gasteiger charge is -2.06. The zero-order valence-corrected chi connectivity index (χ0v) is 22.5. The molecule has 4 aromatic carbocycles. The van der Waals surface area contributed by atoms with Gasteiger partial charge < -0.3 is 0 Å². The smallest absolute Gasteiger partial charge is 0.242 e. The maximum atomic E-state index is 11.8. The summed E-state index contributed by atoms with van der Waals surface area (Å²) in [6.07, 6.45) is 0. The van der Waals surface area contributed by atoms with Crippen molar-refractivity contribution in [1.82, 2.24) is 0 Å². The molecule has 4 rings (SSSR count). The highest BCUT2D eigenvalue weighted by atomic mass is 17.2. The lowest BCUT2D eigenvalue weighted by Crippen LogP contribution is -2.13. The molecule has 0 saturated carbocycles. The van der Waals surface area contributed by atoms with Crippen molar-refractivity contribution >= 4 is 23.9 Å². The first-order chi connectivity index (χ1) is 19.2. The first-order valence-corrected chi connectivity index (χ1v) is 12.3. The Morgan fingerprint density at radius 1 is 0.425 bits per heavy atom. The Kier molecular flexibility index (Phi) is 10.3. The fourth-order valence-corrected chi connectivity index (χ4v) is 3.49. The molecule has 0 radical (unpaired) electrons. The van der Waals surface area contributed by atoms with Crippen LogP contribution in [0.15, 0.2) is 97.1 Å². The van der Waals surface area contributed by atoms with Crippen LogP contribution in [0.3, 0.4) is 0 Å². The monoisotopic (exact) mass is 540 g/mol. The highest BCUT2D eigenvalue weighted by molar-refractivity contribution is 5.94. The minimum Gasteiger partial charge on any atom is -0.242 e. The Morgan fingerprint density at radius 3 is 1.12 bits per heavy atom. The van der Waals surface area contributed by atoms with Crippen molar-refractivity contribution in [3.8, 4) is 0 Å². The van der Waals surface area contributed by atoms with Crippen LogP contribution >= 0.6 is 0 Å². The molecule has 0 saturated heterocycles. The molecule has 0 N–H and O–H groups in total. The second-order valence-electron chi connectivity index (χ2n) is 8.85. The zero-order chi connectivity index (χ0) is 29.1. The van der Waals surface area contributed by atoms with Crippen molar-refractivity contribution < 1.29 is 38.7 Å². The van der Waals surface area contributed by atoms with E-state index >= 15 is 0 Å². The van der Waals surface area contributed by atoms with E-state index in [0.717, 1.165) is 22.3 Å². The van der Waals surface area contributed by atoms with Crippen LogP contribution in [-0.4, -0.2) is 23.9 Å². The van der Waals surface area contributed by atoms with Gasteiger partial charge in [0.2, 0.25) is 0 Å². The molecular weight excluding hydrogens is 512 g/mol. The van der Waals surface area contributed by atoms with E-state index in [2.05, 4.69) is 19.6 Å². The minimum atomic E-state index is -0.699. The quantitative estimate of drug-likeness (QED) is 0.214. The van der Waals surface area contributed by atoms with Gasteiger partial charge in [-0.1, -0.05) is 71.8 Å². The predicted molar refractivity (Wildman–Crippen MR) is 146 cm³/mol. The largest absolute Gasteiger partial charge is 0.386 e. The fraction of sp³-hybridized carbons (Fsp3) is 0.125. The average Bonchev–Trinajstić information content (AvgIpc) is 2.95. The third-order valence-corrected chi connectivity index (χ3v) is 5.62. The highest BCUT2D eigenvalue weighted by Gasteiger charge is 2.17. The van der Waals surface area contributed by atoms with Gasteiger partial charge in [-0.05, 0) is 75.2 Å². The number of benzene rings is 4. The van der Waals surface area contributed by atoms with Gasteiger partial charge in [0.05, 0.1) is 22.3 Å². The van der Waals surface area contributed by atoms with Gasteiger partial charge in [-0.3, -0.25) is 0 Å². The molecule has 0 atom stereocenters. The Hall–Kier alpha value is -5.24. The fourth-order valence-electron chi connectivity index (χ4n) is 3.49. The Labute approximate surface area is 231 Å². The number of aryl methyl sites for hydroxylation is 4. The van der Waals surface area contributed by atoms with Crippen LogP contribution < -0.4 is 0 Å². The van der Waals surface area contributed by atoms with E-state index < -0.39 is 23.9 Å². The van der Waals surface area contributed by atoms with E-state index in [0.29, 0.717) is 22.3 Å². The molecule has 204 valence electrons. The summed E-state index contributed by atoms with van der Waals surface area (Å²) in [7, 11) is 0. The third kappa shape index (κ3) is 8.39. The summed E-state index contributed by atoms with van der Waals surface area (Å²) in [6.45, 7) is 7.27. The molecule has 0 fully saturated rings. The van der Waals surface area contributed by atoms with Crippen LogP contribution in [0.5, 0.6) is 0 Å². The summed E-state index contributed by atoms with van der Waals surface area (Å²) in [5.74, 6) is -2.78. The predicted octanol–water partition coefficient (Wildman–Crippen LogP) is 6.46. The number of carbonyl (C=O) groups excluding carboxylic acids is 4.